The maximum Gasteiger partial charge on any atom is 0.200 e. The van der Waals surface area contributed by atoms with Crippen molar-refractivity contribution >= 4 is 23.1 Å². The van der Waals surface area contributed by atoms with Crippen molar-refractivity contribution in [2.24, 2.45) is 0 Å². The van der Waals surface area contributed by atoms with E-state index in [0.717, 1.165) is 6.54 Å². The predicted octanol–water partition coefficient (Wildman–Crippen LogP) is 6.62. The second kappa shape index (κ2) is 7.85. The zero-order valence-electron chi connectivity index (χ0n) is 13.4. The second-order valence-corrected chi connectivity index (χ2v) is 7.04. The van der Waals surface area contributed by atoms with Crippen molar-refractivity contribution in [1.29, 1.82) is 0 Å². The van der Waals surface area contributed by atoms with Crippen LogP contribution in [0.3, 0.4) is 0 Å². The van der Waals surface area contributed by atoms with Gasteiger partial charge >= 0.3 is 0 Å². The summed E-state index contributed by atoms with van der Waals surface area (Å²) < 4.78 is 0. The molecule has 0 aliphatic carbocycles. The number of unbranched alkanes of at least 4 members (excludes halogenated alkanes) is 5. The SMILES string of the molecule is CCCCCCCC[N+]1c2ccccc2Sc2ccccc21. The molecule has 0 atom stereocenters. The van der Waals surface area contributed by atoms with Crippen molar-refractivity contribution in [3.05, 3.63) is 48.5 Å². The van der Waals surface area contributed by atoms with E-state index >= 15 is 0 Å². The van der Waals surface area contributed by atoms with Crippen LogP contribution in [0.2, 0.25) is 0 Å². The molecule has 115 valence electrons. The van der Waals surface area contributed by atoms with Crippen LogP contribution >= 0.6 is 11.8 Å². The van der Waals surface area contributed by atoms with E-state index in [1.807, 2.05) is 11.8 Å². The monoisotopic (exact) mass is 311 g/mol. The third-order valence-electron chi connectivity index (χ3n) is 4.27. The first-order valence-electron chi connectivity index (χ1n) is 8.53. The van der Waals surface area contributed by atoms with Crippen molar-refractivity contribution < 1.29 is 0 Å². The van der Waals surface area contributed by atoms with Gasteiger partial charge < -0.3 is 0 Å². The largest absolute Gasteiger partial charge is 0.200 e. The molecule has 1 nitrogen and oxygen atoms in total. The minimum atomic E-state index is 1.13. The van der Waals surface area contributed by atoms with Crippen molar-refractivity contribution in [3.63, 3.8) is 0 Å². The molecule has 1 radical (unpaired) electrons. The Balaban J connectivity index is 1.70. The minimum Gasteiger partial charge on any atom is -0.0952 e. The summed E-state index contributed by atoms with van der Waals surface area (Å²) >= 11 is 1.89. The molecule has 0 fully saturated rings. The average molecular weight is 311 g/mol. The van der Waals surface area contributed by atoms with E-state index < -0.39 is 0 Å². The van der Waals surface area contributed by atoms with Crippen LogP contribution in [0, 0.1) is 0 Å². The number of fused-ring (bicyclic) bond motifs is 2. The molecular formula is C20H25NS+. The van der Waals surface area contributed by atoms with Gasteiger partial charge in [-0.05, 0) is 18.6 Å². The molecule has 0 bridgehead atoms. The van der Waals surface area contributed by atoms with Crippen LogP contribution in [-0.4, -0.2) is 6.54 Å². The van der Waals surface area contributed by atoms with Gasteiger partial charge in [-0.1, -0.05) is 73.5 Å². The lowest BCUT2D eigenvalue weighted by molar-refractivity contribution is 0.558. The quantitative estimate of drug-likeness (QED) is 0.411. The first kappa shape index (κ1) is 15.6. The Bertz CT molecular complexity index is 563. The standard InChI is InChI=1S/C20H25NS/c1-2-3-4-5-6-11-16-21-17-12-7-9-14-19(17)22-20-15-10-8-13-18(20)21/h7-10,12-15H,2-6,11,16H2,1H3/q+1. The molecule has 2 aromatic carbocycles. The van der Waals surface area contributed by atoms with Crippen LogP contribution in [-0.2, 0) is 0 Å². The molecule has 22 heavy (non-hydrogen) atoms. The van der Waals surface area contributed by atoms with Gasteiger partial charge in [-0.2, -0.15) is 0 Å². The van der Waals surface area contributed by atoms with Crippen LogP contribution in [0.15, 0.2) is 58.3 Å². The van der Waals surface area contributed by atoms with E-state index in [0.29, 0.717) is 0 Å². The molecule has 0 saturated heterocycles. The van der Waals surface area contributed by atoms with Gasteiger partial charge in [-0.3, -0.25) is 0 Å². The Morgan fingerprint density at radius 1 is 0.727 bits per heavy atom. The van der Waals surface area contributed by atoms with Crippen LogP contribution in [0.4, 0.5) is 11.4 Å². The Kier molecular flexibility index (Phi) is 5.58. The van der Waals surface area contributed by atoms with E-state index in [-0.39, 0.29) is 0 Å². The van der Waals surface area contributed by atoms with Gasteiger partial charge in [0.1, 0.15) is 6.54 Å². The molecule has 2 heteroatoms. The molecule has 1 aliphatic rings. The van der Waals surface area contributed by atoms with Gasteiger partial charge in [0.25, 0.3) is 0 Å². The van der Waals surface area contributed by atoms with Crippen molar-refractivity contribution in [3.8, 4) is 0 Å². The van der Waals surface area contributed by atoms with Crippen molar-refractivity contribution in [2.75, 3.05) is 6.54 Å². The maximum absolute atomic E-state index is 2.51. The summed E-state index contributed by atoms with van der Waals surface area (Å²) in [7, 11) is 0. The first-order chi connectivity index (χ1) is 10.9. The molecule has 0 saturated carbocycles. The van der Waals surface area contributed by atoms with Crippen LogP contribution in [0.25, 0.3) is 0 Å². The molecule has 3 rings (SSSR count). The molecule has 2 aromatic rings. The zero-order valence-corrected chi connectivity index (χ0v) is 14.2. The lowest BCUT2D eigenvalue weighted by Gasteiger charge is -2.21. The molecular weight excluding hydrogens is 286 g/mol. The number of hydrogen-bond acceptors (Lipinski definition) is 2. The summed E-state index contributed by atoms with van der Waals surface area (Å²) in [4.78, 5) is 5.28. The van der Waals surface area contributed by atoms with Gasteiger partial charge in [0.15, 0.2) is 0 Å². The fraction of sp³-hybridized carbons (Fsp3) is 0.400. The van der Waals surface area contributed by atoms with E-state index in [1.54, 1.807) is 0 Å². The van der Waals surface area contributed by atoms with E-state index in [9.17, 15) is 0 Å². The van der Waals surface area contributed by atoms with Gasteiger partial charge in [-0.15, -0.1) is 0 Å². The minimum absolute atomic E-state index is 1.13. The average Bonchev–Trinajstić information content (AvgIpc) is 2.57. The Morgan fingerprint density at radius 2 is 1.27 bits per heavy atom. The number of rotatable bonds is 7. The molecule has 0 N–H and O–H groups in total. The van der Waals surface area contributed by atoms with Gasteiger partial charge in [0.05, 0.1) is 9.79 Å². The normalized spacial score (nSPS) is 13.7. The Hall–Kier alpha value is -1.25. The van der Waals surface area contributed by atoms with Gasteiger partial charge in [0, 0.05) is 18.6 Å². The molecule has 1 heterocycles. The third kappa shape index (κ3) is 3.56. The number of nitrogens with zero attached hydrogens (tertiary/aromatic N) is 1. The number of para-hydroxylation sites is 2. The fourth-order valence-corrected chi connectivity index (χ4v) is 4.17. The van der Waals surface area contributed by atoms with E-state index in [2.05, 4.69) is 60.4 Å². The van der Waals surface area contributed by atoms with Crippen molar-refractivity contribution in [2.45, 2.75) is 55.2 Å². The van der Waals surface area contributed by atoms with Gasteiger partial charge in [-0.25, -0.2) is 0 Å². The fourth-order valence-electron chi connectivity index (χ4n) is 3.07. The molecule has 0 spiro atoms. The summed E-state index contributed by atoms with van der Waals surface area (Å²) in [6.07, 6.45) is 8.08. The Morgan fingerprint density at radius 3 is 1.91 bits per heavy atom. The molecule has 0 unspecified atom stereocenters. The lowest BCUT2D eigenvalue weighted by Crippen LogP contribution is -2.23. The van der Waals surface area contributed by atoms with Gasteiger partial charge in [0.2, 0.25) is 11.4 Å². The highest BCUT2D eigenvalue weighted by molar-refractivity contribution is 7.99. The highest BCUT2D eigenvalue weighted by atomic mass is 32.2. The van der Waals surface area contributed by atoms with E-state index in [4.69, 9.17) is 0 Å². The highest BCUT2D eigenvalue weighted by Crippen LogP contribution is 2.47. The first-order valence-corrected chi connectivity index (χ1v) is 9.35. The summed E-state index contributed by atoms with van der Waals surface area (Å²) in [5.41, 5.74) is 2.75. The number of hydrogen-bond donors (Lipinski definition) is 0. The van der Waals surface area contributed by atoms with Crippen LogP contribution in [0.1, 0.15) is 45.4 Å². The molecule has 1 aliphatic heterocycles. The Labute approximate surface area is 138 Å². The maximum atomic E-state index is 2.51. The summed E-state index contributed by atoms with van der Waals surface area (Å²) in [6.45, 7) is 3.40. The zero-order chi connectivity index (χ0) is 15.2. The molecule has 0 amide bonds. The van der Waals surface area contributed by atoms with Crippen LogP contribution in [0.5, 0.6) is 0 Å². The summed E-state index contributed by atoms with van der Waals surface area (Å²) in [5.74, 6) is 0. The lowest BCUT2D eigenvalue weighted by atomic mass is 10.1. The third-order valence-corrected chi connectivity index (χ3v) is 5.40. The predicted molar refractivity (Wildman–Crippen MR) is 96.7 cm³/mol. The molecule has 0 aromatic heterocycles. The smallest absolute Gasteiger partial charge is 0.0952 e. The summed E-state index contributed by atoms with van der Waals surface area (Å²) in [6, 6.07) is 17.6. The van der Waals surface area contributed by atoms with E-state index in [1.165, 1.54) is 59.7 Å². The highest BCUT2D eigenvalue weighted by Gasteiger charge is 2.32. The van der Waals surface area contributed by atoms with Crippen molar-refractivity contribution in [1.82, 2.24) is 4.90 Å². The topological polar surface area (TPSA) is 5.90 Å². The second-order valence-electron chi connectivity index (χ2n) is 5.96. The summed E-state index contributed by atoms with van der Waals surface area (Å²) in [5, 5.41) is 0. The number of anilines is 2. The van der Waals surface area contributed by atoms with Crippen LogP contribution < -0.4 is 4.90 Å². The number of benzene rings is 2.